The van der Waals surface area contributed by atoms with Crippen molar-refractivity contribution in [2.45, 2.75) is 117 Å². The molecule has 3 aromatic heterocycles. The third kappa shape index (κ3) is 10.1. The van der Waals surface area contributed by atoms with E-state index in [9.17, 15) is 0 Å². The summed E-state index contributed by atoms with van der Waals surface area (Å²) in [5.74, 6) is 2.04. The minimum absolute atomic E-state index is 0. The van der Waals surface area contributed by atoms with Gasteiger partial charge in [-0.1, -0.05) is 205 Å². The van der Waals surface area contributed by atoms with Gasteiger partial charge in [-0.2, -0.15) is 17.7 Å². The number of fused-ring (bicyclic) bond motifs is 3. The van der Waals surface area contributed by atoms with Crippen LogP contribution in [0.15, 0.2) is 176 Å². The molecule has 0 fully saturated rings. The number of imidazole rings is 1. The summed E-state index contributed by atoms with van der Waals surface area (Å²) in [6.07, 6.45) is 8.03. The van der Waals surface area contributed by atoms with Crippen LogP contribution in [0.25, 0.3) is 50.1 Å². The molecular weight excluding hydrogens is 1080 g/mol. The molecule has 0 N–H and O–H groups in total. The summed E-state index contributed by atoms with van der Waals surface area (Å²) in [6.45, 7) is 29.5. The Hall–Kier alpha value is -6.81. The number of hydrogen-bond acceptors (Lipinski definition) is 2. The van der Waals surface area contributed by atoms with Crippen molar-refractivity contribution in [2.24, 2.45) is 0 Å². The number of nitrogens with zero attached hydrogens (tertiary/aromatic N) is 4. The predicted octanol–water partition coefficient (Wildman–Crippen LogP) is 16.6. The minimum atomic E-state index is -0.431. The first-order valence-corrected chi connectivity index (χ1v) is 25.7. The van der Waals surface area contributed by atoms with Crippen LogP contribution < -0.4 is 9.30 Å². The molecular formula is C68H68N4OPt-2. The van der Waals surface area contributed by atoms with Crippen LogP contribution >= 0.6 is 0 Å². The first kappa shape index (κ1) is 52.1. The van der Waals surface area contributed by atoms with Gasteiger partial charge >= 0.3 is 0 Å². The molecule has 0 radical (unpaired) electrons. The summed E-state index contributed by atoms with van der Waals surface area (Å²) in [5.41, 5.74) is 13.5. The summed E-state index contributed by atoms with van der Waals surface area (Å²) in [5, 5.41) is 2.25. The Kier molecular flexibility index (Phi) is 13.7. The molecule has 10 rings (SSSR count). The van der Waals surface area contributed by atoms with Gasteiger partial charge in [-0.05, 0) is 96.6 Å². The Morgan fingerprint density at radius 2 is 1.08 bits per heavy atom. The average Bonchev–Trinajstić information content (AvgIpc) is 3.97. The topological polar surface area (TPSA) is 35.9 Å². The van der Waals surface area contributed by atoms with E-state index in [4.69, 9.17) is 9.72 Å². The second kappa shape index (κ2) is 19.5. The second-order valence-corrected chi connectivity index (χ2v) is 24.0. The van der Waals surface area contributed by atoms with Gasteiger partial charge in [0.25, 0.3) is 6.33 Å². The van der Waals surface area contributed by atoms with E-state index >= 15 is 0 Å². The van der Waals surface area contributed by atoms with E-state index in [-0.39, 0.29) is 42.7 Å². The van der Waals surface area contributed by atoms with Gasteiger partial charge < -0.3 is 13.9 Å². The van der Waals surface area contributed by atoms with Crippen LogP contribution in [-0.4, -0.2) is 14.1 Å². The van der Waals surface area contributed by atoms with Crippen molar-refractivity contribution in [3.8, 4) is 39.8 Å². The molecule has 0 aliphatic carbocycles. The van der Waals surface area contributed by atoms with Crippen LogP contribution in [0.1, 0.15) is 129 Å². The van der Waals surface area contributed by atoms with E-state index in [1.165, 1.54) is 27.8 Å². The Morgan fingerprint density at radius 1 is 0.473 bits per heavy atom. The smallest absolute Gasteiger partial charge is 0.267 e. The largest absolute Gasteiger partial charge is 0.510 e. The third-order valence-electron chi connectivity index (χ3n) is 14.9. The van der Waals surface area contributed by atoms with Crippen molar-refractivity contribution in [2.75, 3.05) is 0 Å². The molecule has 0 saturated heterocycles. The van der Waals surface area contributed by atoms with Crippen LogP contribution in [0.2, 0.25) is 0 Å². The van der Waals surface area contributed by atoms with Crippen LogP contribution in [0, 0.1) is 18.5 Å². The molecule has 0 aliphatic heterocycles. The Balaban J connectivity index is 0.00000672. The molecule has 0 atom stereocenters. The molecule has 0 unspecified atom stereocenters. The molecule has 74 heavy (non-hydrogen) atoms. The molecule has 0 spiro atoms. The standard InChI is InChI=1S/C68H68N4O.Pt/c1-64(2,3)50-29-32-60-59(40-50)58-31-30-56(43-61(58)72(60)63-41-51(33-34-69-63)65(4,5)6)73-57-39-52(66(7,8)9)37-54(42-57)70-44-62(68(12,13)49-27-21-16-22-28-49)71(45-70)55-36-47(46-23-17-14-18-24-46)35-53(38-55)67(10,11)48-25-19-15-20-26-48;/h14-41,44H,1-13H3;/q-2;. The van der Waals surface area contributed by atoms with E-state index < -0.39 is 5.41 Å². The Labute approximate surface area is 454 Å². The maximum absolute atomic E-state index is 6.97. The maximum Gasteiger partial charge on any atom is 0.267 e. The van der Waals surface area contributed by atoms with Gasteiger partial charge in [0.2, 0.25) is 0 Å². The number of aromatic nitrogens is 4. The summed E-state index contributed by atoms with van der Waals surface area (Å²) >= 11 is 0. The fourth-order valence-corrected chi connectivity index (χ4v) is 10.0. The van der Waals surface area contributed by atoms with Crippen LogP contribution in [0.5, 0.6) is 11.5 Å². The van der Waals surface area contributed by atoms with Crippen molar-refractivity contribution < 1.29 is 30.4 Å². The predicted molar refractivity (Wildman–Crippen MR) is 301 cm³/mol. The Morgan fingerprint density at radius 3 is 1.72 bits per heavy atom. The zero-order valence-electron chi connectivity index (χ0n) is 45.3. The van der Waals surface area contributed by atoms with E-state index in [1.54, 1.807) is 0 Å². The molecule has 6 heteroatoms. The number of rotatable bonds is 10. The van der Waals surface area contributed by atoms with E-state index in [1.807, 2.05) is 12.3 Å². The molecule has 0 saturated carbocycles. The zero-order chi connectivity index (χ0) is 51.7. The van der Waals surface area contributed by atoms with Crippen molar-refractivity contribution in [1.29, 1.82) is 0 Å². The fraction of sp³-hybridized carbons (Fsp3) is 0.265. The van der Waals surface area contributed by atoms with Crippen LogP contribution in [-0.2, 0) is 48.1 Å². The van der Waals surface area contributed by atoms with Gasteiger partial charge in [0.1, 0.15) is 5.82 Å². The summed E-state index contributed by atoms with van der Waals surface area (Å²) < 4.78 is 13.6. The minimum Gasteiger partial charge on any atom is -0.510 e. The van der Waals surface area contributed by atoms with Gasteiger partial charge in [0, 0.05) is 61.3 Å². The molecule has 0 aliphatic rings. The molecule has 378 valence electrons. The van der Waals surface area contributed by atoms with Crippen molar-refractivity contribution in [3.63, 3.8) is 0 Å². The zero-order valence-corrected chi connectivity index (χ0v) is 47.5. The van der Waals surface area contributed by atoms with Crippen molar-refractivity contribution in [1.82, 2.24) is 14.1 Å². The third-order valence-corrected chi connectivity index (χ3v) is 14.9. The van der Waals surface area contributed by atoms with E-state index in [0.29, 0.717) is 11.5 Å². The second-order valence-electron chi connectivity index (χ2n) is 24.0. The summed E-state index contributed by atoms with van der Waals surface area (Å²) in [4.78, 5) is 4.97. The number of benzene rings is 7. The molecule has 7 aromatic carbocycles. The monoisotopic (exact) mass is 1150 g/mol. The van der Waals surface area contributed by atoms with Gasteiger partial charge in [-0.25, -0.2) is 4.98 Å². The van der Waals surface area contributed by atoms with Crippen LogP contribution in [0.4, 0.5) is 0 Å². The normalized spacial score (nSPS) is 12.6. The SMILES string of the molecule is CC(C)(C)c1cc(Oc2[c-]c3c(cc2)c2cc(C(C)(C)C)ccc2n3-c2cc(C(C)(C)C)ccn2)[c-]c(-n2[c-][n+](-c3cc(-c4ccccc4)cc(C(C)(C)c4ccccc4)c3)c(C(C)(C)c3ccccc3)c2)c1.[Pt]. The van der Waals surface area contributed by atoms with Gasteiger partial charge in [0.15, 0.2) is 0 Å². The van der Waals surface area contributed by atoms with Gasteiger partial charge in [-0.15, -0.1) is 29.7 Å². The van der Waals surface area contributed by atoms with Gasteiger partial charge in [-0.3, -0.25) is 4.57 Å². The molecule has 5 nitrogen and oxygen atoms in total. The first-order chi connectivity index (χ1) is 34.6. The number of hydrogen-bond donors (Lipinski definition) is 0. The fourth-order valence-electron chi connectivity index (χ4n) is 10.0. The summed E-state index contributed by atoms with van der Waals surface area (Å²) in [6, 6.07) is 66.4. The average molecular weight is 1150 g/mol. The van der Waals surface area contributed by atoms with E-state index in [2.05, 4.69) is 286 Å². The van der Waals surface area contributed by atoms with Crippen molar-refractivity contribution in [3.05, 3.63) is 234 Å². The summed E-state index contributed by atoms with van der Waals surface area (Å²) in [7, 11) is 0. The molecule has 10 aromatic rings. The molecule has 3 heterocycles. The van der Waals surface area contributed by atoms with Crippen LogP contribution in [0.3, 0.4) is 0 Å². The van der Waals surface area contributed by atoms with Crippen molar-refractivity contribution >= 4 is 21.8 Å². The van der Waals surface area contributed by atoms with Gasteiger partial charge in [0.05, 0.1) is 11.4 Å². The molecule has 0 amide bonds. The molecule has 0 bridgehead atoms. The van der Waals surface area contributed by atoms with E-state index in [0.717, 1.165) is 61.4 Å². The quantitative estimate of drug-likeness (QED) is 0.101. The number of pyridine rings is 1. The first-order valence-electron chi connectivity index (χ1n) is 25.7. The Bertz CT molecular complexity index is 3640. The number of ether oxygens (including phenoxy) is 1. The maximum atomic E-state index is 6.97.